The molecule has 0 aliphatic heterocycles. The fourth-order valence-corrected chi connectivity index (χ4v) is 4.43. The van der Waals surface area contributed by atoms with Gasteiger partial charge >= 0.3 is 0 Å². The third-order valence-corrected chi connectivity index (χ3v) is 6.18. The predicted molar refractivity (Wildman–Crippen MR) is 111 cm³/mol. The van der Waals surface area contributed by atoms with Crippen LogP contribution in [0.1, 0.15) is 44.1 Å². The first-order valence-electron chi connectivity index (χ1n) is 10.1. The summed E-state index contributed by atoms with van der Waals surface area (Å²) in [7, 11) is 0. The van der Waals surface area contributed by atoms with Crippen molar-refractivity contribution in [3.05, 3.63) is 71.9 Å². The molecule has 1 atom stereocenters. The monoisotopic (exact) mass is 394 g/mol. The molecule has 1 aromatic heterocycles. The molecule has 1 aliphatic carbocycles. The Bertz CT molecular complexity index is 1010. The van der Waals surface area contributed by atoms with Gasteiger partial charge in [-0.25, -0.2) is 8.78 Å². The number of pyridine rings is 1. The molecule has 3 nitrogen and oxygen atoms in total. The van der Waals surface area contributed by atoms with Gasteiger partial charge in [0.1, 0.15) is 11.6 Å². The second-order valence-corrected chi connectivity index (χ2v) is 7.96. The molecule has 3 aromatic rings. The van der Waals surface area contributed by atoms with E-state index in [-0.39, 0.29) is 23.5 Å². The smallest absolute Gasteiger partial charge is 0.227 e. The van der Waals surface area contributed by atoms with Gasteiger partial charge < -0.3 is 5.32 Å². The summed E-state index contributed by atoms with van der Waals surface area (Å²) in [5.41, 5.74) is 2.53. The summed E-state index contributed by atoms with van der Waals surface area (Å²) in [6, 6.07) is 12.7. The molecule has 1 aliphatic rings. The van der Waals surface area contributed by atoms with E-state index < -0.39 is 0 Å². The van der Waals surface area contributed by atoms with Gasteiger partial charge in [0.2, 0.25) is 5.91 Å². The Morgan fingerprint density at radius 1 is 1.00 bits per heavy atom. The van der Waals surface area contributed by atoms with Crippen LogP contribution in [0, 0.1) is 23.5 Å². The highest BCUT2D eigenvalue weighted by atomic mass is 19.1. The first-order valence-corrected chi connectivity index (χ1v) is 10.1. The van der Waals surface area contributed by atoms with Crippen molar-refractivity contribution >= 4 is 22.5 Å². The summed E-state index contributed by atoms with van der Waals surface area (Å²) >= 11 is 0. The topological polar surface area (TPSA) is 42.0 Å². The van der Waals surface area contributed by atoms with Crippen LogP contribution in [0.3, 0.4) is 0 Å². The SMILES string of the molecule is C[C@@H](C(=O)Nc1ccc(F)cc1)[C@H]1CC[C@@H](c2ccnc3cc(F)ccc32)CC1. The van der Waals surface area contributed by atoms with Gasteiger partial charge in [0, 0.05) is 29.3 Å². The van der Waals surface area contributed by atoms with Gasteiger partial charge in [-0.05, 0) is 85.5 Å². The van der Waals surface area contributed by atoms with Crippen molar-refractivity contribution in [3.8, 4) is 0 Å². The van der Waals surface area contributed by atoms with Gasteiger partial charge in [-0.1, -0.05) is 6.92 Å². The number of nitrogens with one attached hydrogen (secondary N) is 1. The van der Waals surface area contributed by atoms with Crippen LogP contribution >= 0.6 is 0 Å². The maximum Gasteiger partial charge on any atom is 0.227 e. The Kier molecular flexibility index (Phi) is 5.56. The zero-order valence-electron chi connectivity index (χ0n) is 16.4. The zero-order chi connectivity index (χ0) is 20.4. The Labute approximate surface area is 169 Å². The Hall–Kier alpha value is -2.82. The number of amides is 1. The standard InChI is InChI=1S/C24H24F2N2O/c1-15(24(29)28-20-9-6-18(25)7-10-20)16-2-4-17(5-3-16)21-12-13-27-23-14-19(26)8-11-22(21)23/h6-17H,2-5H2,1H3,(H,28,29)/t15-,16-,17+/m1/s1. The van der Waals surface area contributed by atoms with E-state index in [1.165, 1.54) is 29.8 Å². The first-order chi connectivity index (χ1) is 14.0. The number of benzene rings is 2. The maximum absolute atomic E-state index is 13.5. The largest absolute Gasteiger partial charge is 0.326 e. The van der Waals surface area contributed by atoms with Gasteiger partial charge in [0.05, 0.1) is 5.52 Å². The molecular weight excluding hydrogens is 370 g/mol. The van der Waals surface area contributed by atoms with Gasteiger partial charge in [-0.15, -0.1) is 0 Å². The number of hydrogen-bond acceptors (Lipinski definition) is 2. The molecule has 2 aromatic carbocycles. The van der Waals surface area contributed by atoms with Crippen LogP contribution in [0.4, 0.5) is 14.5 Å². The van der Waals surface area contributed by atoms with E-state index in [1.807, 2.05) is 19.1 Å². The van der Waals surface area contributed by atoms with E-state index >= 15 is 0 Å². The molecule has 29 heavy (non-hydrogen) atoms. The van der Waals surface area contributed by atoms with Crippen LogP contribution < -0.4 is 5.32 Å². The molecule has 0 spiro atoms. The summed E-state index contributed by atoms with van der Waals surface area (Å²) < 4.78 is 26.5. The Morgan fingerprint density at radius 2 is 1.69 bits per heavy atom. The summed E-state index contributed by atoms with van der Waals surface area (Å²) in [5, 5.41) is 3.90. The quantitative estimate of drug-likeness (QED) is 0.584. The molecule has 1 fully saturated rings. The minimum Gasteiger partial charge on any atom is -0.326 e. The highest BCUT2D eigenvalue weighted by Gasteiger charge is 2.30. The zero-order valence-corrected chi connectivity index (χ0v) is 16.4. The third-order valence-electron chi connectivity index (χ3n) is 6.18. The van der Waals surface area contributed by atoms with Crippen molar-refractivity contribution in [2.45, 2.75) is 38.5 Å². The van der Waals surface area contributed by atoms with Crippen LogP contribution in [0.15, 0.2) is 54.7 Å². The Morgan fingerprint density at radius 3 is 2.41 bits per heavy atom. The summed E-state index contributed by atoms with van der Waals surface area (Å²) in [6.07, 6.45) is 5.67. The summed E-state index contributed by atoms with van der Waals surface area (Å²) in [6.45, 7) is 1.97. The van der Waals surface area contributed by atoms with Crippen molar-refractivity contribution in [1.82, 2.24) is 4.98 Å². The average molecular weight is 394 g/mol. The third kappa shape index (κ3) is 4.29. The lowest BCUT2D eigenvalue weighted by atomic mass is 9.73. The molecule has 0 bridgehead atoms. The lowest BCUT2D eigenvalue weighted by Crippen LogP contribution is -2.29. The molecule has 1 N–H and O–H groups in total. The van der Waals surface area contributed by atoms with Crippen molar-refractivity contribution in [2.24, 2.45) is 11.8 Å². The van der Waals surface area contributed by atoms with Gasteiger partial charge in [-0.3, -0.25) is 9.78 Å². The minimum atomic E-state index is -0.319. The van der Waals surface area contributed by atoms with Crippen LogP contribution in [0.2, 0.25) is 0 Å². The second kappa shape index (κ2) is 8.27. The number of hydrogen-bond donors (Lipinski definition) is 1. The fourth-order valence-electron chi connectivity index (χ4n) is 4.43. The number of carbonyl (C=O) groups excluding carboxylic acids is 1. The average Bonchev–Trinajstić information content (AvgIpc) is 2.74. The van der Waals surface area contributed by atoms with E-state index in [0.29, 0.717) is 23.0 Å². The van der Waals surface area contributed by atoms with Crippen LogP contribution in [0.5, 0.6) is 0 Å². The molecule has 4 rings (SSSR count). The van der Waals surface area contributed by atoms with E-state index in [4.69, 9.17) is 0 Å². The maximum atomic E-state index is 13.5. The molecule has 1 heterocycles. The number of nitrogens with zero attached hydrogens (tertiary/aromatic N) is 1. The van der Waals surface area contributed by atoms with Crippen molar-refractivity contribution in [2.75, 3.05) is 5.32 Å². The minimum absolute atomic E-state index is 0.0232. The van der Waals surface area contributed by atoms with E-state index in [9.17, 15) is 13.6 Å². The molecule has 0 saturated heterocycles. The molecule has 1 saturated carbocycles. The van der Waals surface area contributed by atoms with E-state index in [0.717, 1.165) is 31.1 Å². The predicted octanol–water partition coefficient (Wildman–Crippen LogP) is 6.06. The van der Waals surface area contributed by atoms with Crippen molar-refractivity contribution in [3.63, 3.8) is 0 Å². The van der Waals surface area contributed by atoms with E-state index in [1.54, 1.807) is 18.3 Å². The number of halogens is 2. The molecule has 150 valence electrons. The van der Waals surface area contributed by atoms with Crippen LogP contribution in [-0.4, -0.2) is 10.9 Å². The summed E-state index contributed by atoms with van der Waals surface area (Å²) in [4.78, 5) is 16.9. The first kappa shape index (κ1) is 19.5. The van der Waals surface area contributed by atoms with Crippen molar-refractivity contribution < 1.29 is 13.6 Å². The Balaban J connectivity index is 1.40. The molecular formula is C24H24F2N2O. The van der Waals surface area contributed by atoms with E-state index in [2.05, 4.69) is 10.3 Å². The molecule has 1 amide bonds. The van der Waals surface area contributed by atoms with Crippen molar-refractivity contribution in [1.29, 1.82) is 0 Å². The molecule has 5 heteroatoms. The molecule has 0 radical (unpaired) electrons. The lowest BCUT2D eigenvalue weighted by molar-refractivity contribution is -0.121. The number of aromatic nitrogens is 1. The number of carbonyl (C=O) groups is 1. The normalized spacial score (nSPS) is 20.4. The fraction of sp³-hybridized carbons (Fsp3) is 0.333. The summed E-state index contributed by atoms with van der Waals surface area (Å²) in [5.74, 6) is -0.00594. The number of anilines is 1. The van der Waals surface area contributed by atoms with Crippen LogP contribution in [-0.2, 0) is 4.79 Å². The highest BCUT2D eigenvalue weighted by Crippen LogP contribution is 2.40. The van der Waals surface area contributed by atoms with Gasteiger partial charge in [0.15, 0.2) is 0 Å². The van der Waals surface area contributed by atoms with Crippen LogP contribution in [0.25, 0.3) is 10.9 Å². The van der Waals surface area contributed by atoms with Gasteiger partial charge in [-0.2, -0.15) is 0 Å². The second-order valence-electron chi connectivity index (χ2n) is 7.96. The molecule has 0 unspecified atom stereocenters. The lowest BCUT2D eigenvalue weighted by Gasteiger charge is -2.32. The highest BCUT2D eigenvalue weighted by molar-refractivity contribution is 5.92. The van der Waals surface area contributed by atoms with Gasteiger partial charge in [0.25, 0.3) is 0 Å². The number of fused-ring (bicyclic) bond motifs is 1. The number of rotatable bonds is 4.